The molecule has 1 aromatic carbocycles. The molecule has 0 radical (unpaired) electrons. The second kappa shape index (κ2) is 4.47. The van der Waals surface area contributed by atoms with Crippen LogP contribution in [0.2, 0.25) is 0 Å². The molecular weight excluding hydrogens is 252 g/mol. The number of benzene rings is 1. The molecular formula is C21H24. The summed E-state index contributed by atoms with van der Waals surface area (Å²) in [5.41, 5.74) is 6.24. The zero-order valence-corrected chi connectivity index (χ0v) is 13.3. The van der Waals surface area contributed by atoms with Crippen molar-refractivity contribution < 1.29 is 0 Å². The maximum atomic E-state index is 2.57. The molecule has 0 amide bonds. The lowest BCUT2D eigenvalue weighted by Crippen LogP contribution is -2.38. The first-order chi connectivity index (χ1) is 10.1. The first-order valence-electron chi connectivity index (χ1n) is 8.22. The number of fused-ring (bicyclic) bond motifs is 5. The van der Waals surface area contributed by atoms with Crippen molar-refractivity contribution in [1.29, 1.82) is 0 Å². The Morgan fingerprint density at radius 2 is 2.00 bits per heavy atom. The van der Waals surface area contributed by atoms with Crippen molar-refractivity contribution in [3.63, 3.8) is 0 Å². The molecule has 0 saturated carbocycles. The van der Waals surface area contributed by atoms with E-state index in [1.165, 1.54) is 29.5 Å². The quantitative estimate of drug-likeness (QED) is 0.537. The molecule has 1 aromatic rings. The van der Waals surface area contributed by atoms with Gasteiger partial charge < -0.3 is 0 Å². The van der Waals surface area contributed by atoms with Crippen molar-refractivity contribution in [3.05, 3.63) is 64.8 Å². The second-order valence-electron chi connectivity index (χ2n) is 7.50. The van der Waals surface area contributed by atoms with Crippen LogP contribution in [0.25, 0.3) is 6.08 Å². The van der Waals surface area contributed by atoms with E-state index >= 15 is 0 Å². The van der Waals surface area contributed by atoms with E-state index in [1.54, 1.807) is 5.57 Å². The molecule has 0 nitrogen and oxygen atoms in total. The predicted octanol–water partition coefficient (Wildman–Crippen LogP) is 5.65. The van der Waals surface area contributed by atoms with Gasteiger partial charge >= 0.3 is 0 Å². The normalized spacial score (nSPS) is 36.5. The average Bonchev–Trinajstić information content (AvgIpc) is 2.47. The molecule has 0 heterocycles. The molecule has 0 saturated heterocycles. The Morgan fingerprint density at radius 1 is 1.14 bits per heavy atom. The fourth-order valence-corrected chi connectivity index (χ4v) is 4.53. The summed E-state index contributed by atoms with van der Waals surface area (Å²) in [5, 5.41) is 0. The topological polar surface area (TPSA) is 0 Å². The molecule has 0 aromatic heterocycles. The maximum Gasteiger partial charge on any atom is 0.00931 e. The minimum absolute atomic E-state index is 0.354. The van der Waals surface area contributed by atoms with Gasteiger partial charge in [0, 0.05) is 5.92 Å². The summed E-state index contributed by atoms with van der Waals surface area (Å²) in [6.07, 6.45) is 15.0. The highest BCUT2D eigenvalue weighted by molar-refractivity contribution is 5.61. The van der Waals surface area contributed by atoms with Crippen LogP contribution in [0.5, 0.6) is 0 Å². The molecule has 4 unspecified atom stereocenters. The van der Waals surface area contributed by atoms with Gasteiger partial charge in [0.2, 0.25) is 0 Å². The Morgan fingerprint density at radius 3 is 2.86 bits per heavy atom. The zero-order valence-electron chi connectivity index (χ0n) is 13.3. The lowest BCUT2D eigenvalue weighted by Gasteiger charge is -2.48. The largest absolute Gasteiger partial charge is 0.0813 e. The van der Waals surface area contributed by atoms with Gasteiger partial charge in [0.15, 0.2) is 0 Å². The van der Waals surface area contributed by atoms with E-state index in [2.05, 4.69) is 69.4 Å². The van der Waals surface area contributed by atoms with Crippen LogP contribution in [0.15, 0.2) is 48.1 Å². The van der Waals surface area contributed by atoms with Crippen LogP contribution in [0.1, 0.15) is 49.3 Å². The third-order valence-electron chi connectivity index (χ3n) is 5.90. The fraction of sp³-hybridized carbons (Fsp3) is 0.429. The molecule has 0 spiro atoms. The van der Waals surface area contributed by atoms with E-state index in [-0.39, 0.29) is 0 Å². The summed E-state index contributed by atoms with van der Waals surface area (Å²) in [6, 6.07) is 6.90. The smallest absolute Gasteiger partial charge is 0.00931 e. The highest BCUT2D eigenvalue weighted by Gasteiger charge is 2.44. The number of hydrogen-bond acceptors (Lipinski definition) is 0. The number of hydrogen-bond donors (Lipinski definition) is 0. The first kappa shape index (κ1) is 13.1. The molecule has 4 rings (SSSR count). The average molecular weight is 276 g/mol. The summed E-state index contributed by atoms with van der Waals surface area (Å²) in [5.74, 6) is 1.85. The van der Waals surface area contributed by atoms with Gasteiger partial charge in [-0.05, 0) is 55.1 Å². The van der Waals surface area contributed by atoms with Gasteiger partial charge in [0.05, 0.1) is 0 Å². The molecule has 3 aliphatic rings. The second-order valence-corrected chi connectivity index (χ2v) is 7.50. The van der Waals surface area contributed by atoms with E-state index in [1.807, 2.05) is 0 Å². The fourth-order valence-electron chi connectivity index (χ4n) is 4.53. The molecule has 108 valence electrons. The van der Waals surface area contributed by atoms with Crippen molar-refractivity contribution in [2.45, 2.75) is 39.5 Å². The minimum Gasteiger partial charge on any atom is -0.0813 e. The van der Waals surface area contributed by atoms with Crippen molar-refractivity contribution in [2.24, 2.45) is 17.3 Å². The van der Waals surface area contributed by atoms with Crippen LogP contribution < -0.4 is 0 Å². The number of allylic oxidation sites excluding steroid dienone is 5. The van der Waals surface area contributed by atoms with Crippen molar-refractivity contribution in [2.75, 3.05) is 0 Å². The zero-order chi connectivity index (χ0) is 14.6. The Kier molecular flexibility index (Phi) is 2.79. The molecule has 0 N–H and O–H groups in total. The van der Waals surface area contributed by atoms with Gasteiger partial charge in [-0.1, -0.05) is 66.6 Å². The van der Waals surface area contributed by atoms with Crippen LogP contribution in [0.3, 0.4) is 0 Å². The molecule has 0 fully saturated rings. The van der Waals surface area contributed by atoms with Crippen LogP contribution in [-0.2, 0) is 0 Å². The van der Waals surface area contributed by atoms with E-state index in [0.29, 0.717) is 23.2 Å². The summed E-state index contributed by atoms with van der Waals surface area (Å²) in [6.45, 7) is 6.96. The van der Waals surface area contributed by atoms with Crippen molar-refractivity contribution in [1.82, 2.24) is 0 Å². The molecule has 0 bridgehead atoms. The third kappa shape index (κ3) is 1.96. The standard InChI is InChI=1S/C21H24/c1-14-4-5-16-6-7-18-17(19(16)12-14)9-11-21(3)10-8-15(2)13-20(18)21/h4-7,9,11-13,17-18,20H,8,10H2,1-3H3. The van der Waals surface area contributed by atoms with Crippen molar-refractivity contribution >= 4 is 6.08 Å². The van der Waals surface area contributed by atoms with E-state index in [9.17, 15) is 0 Å². The van der Waals surface area contributed by atoms with Gasteiger partial charge in [-0.3, -0.25) is 0 Å². The van der Waals surface area contributed by atoms with Gasteiger partial charge in [0.25, 0.3) is 0 Å². The lowest BCUT2D eigenvalue weighted by atomic mass is 9.56. The van der Waals surface area contributed by atoms with Gasteiger partial charge in [0.1, 0.15) is 0 Å². The summed E-state index contributed by atoms with van der Waals surface area (Å²) in [4.78, 5) is 0. The van der Waals surface area contributed by atoms with Gasteiger partial charge in [-0.2, -0.15) is 0 Å². The predicted molar refractivity (Wildman–Crippen MR) is 90.2 cm³/mol. The Hall–Kier alpha value is -1.56. The number of rotatable bonds is 0. The molecule has 0 heteroatoms. The summed E-state index contributed by atoms with van der Waals surface area (Å²) < 4.78 is 0. The van der Waals surface area contributed by atoms with E-state index in [0.717, 1.165) is 0 Å². The minimum atomic E-state index is 0.354. The summed E-state index contributed by atoms with van der Waals surface area (Å²) in [7, 11) is 0. The first-order valence-corrected chi connectivity index (χ1v) is 8.22. The Balaban J connectivity index is 1.84. The Bertz CT molecular complexity index is 673. The van der Waals surface area contributed by atoms with Crippen molar-refractivity contribution in [3.8, 4) is 0 Å². The molecule has 0 aliphatic heterocycles. The lowest BCUT2D eigenvalue weighted by molar-refractivity contribution is 0.191. The van der Waals surface area contributed by atoms with E-state index in [4.69, 9.17) is 0 Å². The molecule has 3 aliphatic carbocycles. The van der Waals surface area contributed by atoms with Crippen LogP contribution in [0, 0.1) is 24.2 Å². The van der Waals surface area contributed by atoms with Gasteiger partial charge in [-0.15, -0.1) is 0 Å². The Labute approximate surface area is 128 Å². The molecule has 21 heavy (non-hydrogen) atoms. The highest BCUT2D eigenvalue weighted by Crippen LogP contribution is 2.54. The van der Waals surface area contributed by atoms with Crippen LogP contribution in [-0.4, -0.2) is 0 Å². The number of aryl methyl sites for hydroxylation is 1. The van der Waals surface area contributed by atoms with Gasteiger partial charge in [-0.25, -0.2) is 0 Å². The third-order valence-corrected chi connectivity index (χ3v) is 5.90. The van der Waals surface area contributed by atoms with Crippen LogP contribution in [0.4, 0.5) is 0 Å². The van der Waals surface area contributed by atoms with Crippen LogP contribution >= 0.6 is 0 Å². The highest BCUT2D eigenvalue weighted by atomic mass is 14.5. The summed E-state index contributed by atoms with van der Waals surface area (Å²) >= 11 is 0. The monoisotopic (exact) mass is 276 g/mol. The maximum absolute atomic E-state index is 2.57. The molecule has 4 atom stereocenters. The SMILES string of the molecule is CC1=CC2C3C=Cc4ccc(C)cc4C3C=CC2(C)CC1. The van der Waals surface area contributed by atoms with E-state index < -0.39 is 0 Å².